The van der Waals surface area contributed by atoms with E-state index in [1.54, 1.807) is 26.8 Å². The molecule has 0 saturated carbocycles. The Labute approximate surface area is 231 Å². The fraction of sp³-hybridized carbons (Fsp3) is 0.704. The molecular formula is C27H35F3N6O4. The van der Waals surface area contributed by atoms with Crippen molar-refractivity contribution in [2.75, 3.05) is 68.8 Å². The third-order valence-corrected chi connectivity index (χ3v) is 8.16. The summed E-state index contributed by atoms with van der Waals surface area (Å²) in [6.07, 6.45) is -3.99. The van der Waals surface area contributed by atoms with Crippen LogP contribution < -0.4 is 9.80 Å². The topological polar surface area (TPSA) is 102 Å². The van der Waals surface area contributed by atoms with Crippen molar-refractivity contribution in [2.24, 2.45) is 0 Å². The normalized spacial score (nSPS) is 22.4. The molecule has 1 aromatic rings. The largest absolute Gasteiger partial charge is 0.444 e. The highest BCUT2D eigenvalue weighted by molar-refractivity contribution is 5.89. The van der Waals surface area contributed by atoms with Gasteiger partial charge in [-0.25, -0.2) is 9.78 Å². The van der Waals surface area contributed by atoms with E-state index in [1.807, 2.05) is 20.8 Å². The van der Waals surface area contributed by atoms with Gasteiger partial charge in [-0.05, 0) is 20.8 Å². The molecule has 5 heterocycles. The van der Waals surface area contributed by atoms with Gasteiger partial charge in [0.1, 0.15) is 28.7 Å². The summed E-state index contributed by atoms with van der Waals surface area (Å²) in [6.45, 7) is 9.73. The number of piperidine rings is 1. The molecule has 0 aliphatic carbocycles. The van der Waals surface area contributed by atoms with Crippen LogP contribution >= 0.6 is 0 Å². The molecule has 0 bridgehead atoms. The van der Waals surface area contributed by atoms with E-state index in [0.29, 0.717) is 78.2 Å². The van der Waals surface area contributed by atoms with Gasteiger partial charge in [-0.3, -0.25) is 9.69 Å². The molecule has 1 spiro atoms. The average molecular weight is 565 g/mol. The van der Waals surface area contributed by atoms with Gasteiger partial charge in [-0.1, -0.05) is 0 Å². The highest BCUT2D eigenvalue weighted by Gasteiger charge is 2.47. The van der Waals surface area contributed by atoms with E-state index < -0.39 is 28.6 Å². The molecule has 1 amide bonds. The number of nitrogens with zero attached hydrogens (tertiary/aromatic N) is 6. The van der Waals surface area contributed by atoms with Gasteiger partial charge < -0.3 is 24.2 Å². The molecule has 4 fully saturated rings. The third-order valence-electron chi connectivity index (χ3n) is 8.16. The smallest absolute Gasteiger partial charge is 0.434 e. The second-order valence-corrected chi connectivity index (χ2v) is 11.9. The quantitative estimate of drug-likeness (QED) is 0.548. The molecule has 0 unspecified atom stereocenters. The third kappa shape index (κ3) is 5.56. The second-order valence-electron chi connectivity index (χ2n) is 11.9. The zero-order valence-electron chi connectivity index (χ0n) is 23.1. The molecule has 1 aromatic heterocycles. The van der Waals surface area contributed by atoms with Crippen molar-refractivity contribution in [1.82, 2.24) is 14.8 Å². The lowest BCUT2D eigenvalue weighted by Gasteiger charge is -2.49. The van der Waals surface area contributed by atoms with Gasteiger partial charge in [-0.2, -0.15) is 18.4 Å². The van der Waals surface area contributed by atoms with Crippen LogP contribution in [0.5, 0.6) is 0 Å². The SMILES string of the molecule is CC(C)(C)OC(=O)N1CCN(C2CN(c3cc(N4CCC5(CC4)OCCC5=O)nc(C(F)(F)F)c3C#N)C2)CC1. The summed E-state index contributed by atoms with van der Waals surface area (Å²) >= 11 is 0. The van der Waals surface area contributed by atoms with E-state index in [1.165, 1.54) is 0 Å². The van der Waals surface area contributed by atoms with Crippen LogP contribution in [-0.4, -0.2) is 103 Å². The summed E-state index contributed by atoms with van der Waals surface area (Å²) in [5, 5.41) is 9.73. The van der Waals surface area contributed by atoms with E-state index in [2.05, 4.69) is 9.88 Å². The predicted octanol–water partition coefficient (Wildman–Crippen LogP) is 3.04. The lowest BCUT2D eigenvalue weighted by Crippen LogP contribution is -2.64. The number of rotatable bonds is 3. The number of alkyl halides is 3. The Kier molecular flexibility index (Phi) is 7.37. The molecule has 4 aliphatic heterocycles. The summed E-state index contributed by atoms with van der Waals surface area (Å²) in [5.74, 6) is 0.200. The molecule has 4 saturated heterocycles. The first-order chi connectivity index (χ1) is 18.8. The number of carbonyl (C=O) groups excluding carboxylic acids is 2. The number of nitriles is 1. The van der Waals surface area contributed by atoms with Crippen molar-refractivity contribution in [2.45, 2.75) is 63.5 Å². The predicted molar refractivity (Wildman–Crippen MR) is 139 cm³/mol. The van der Waals surface area contributed by atoms with Crippen LogP contribution in [0.25, 0.3) is 0 Å². The summed E-state index contributed by atoms with van der Waals surface area (Å²) in [4.78, 5) is 36.0. The number of aromatic nitrogens is 1. The maximum Gasteiger partial charge on any atom is 0.434 e. The molecule has 218 valence electrons. The minimum Gasteiger partial charge on any atom is -0.444 e. The second kappa shape index (κ2) is 10.4. The first-order valence-corrected chi connectivity index (χ1v) is 13.7. The molecule has 0 radical (unpaired) electrons. The van der Waals surface area contributed by atoms with Gasteiger partial charge in [0.2, 0.25) is 0 Å². The van der Waals surface area contributed by atoms with Crippen LogP contribution in [0.3, 0.4) is 0 Å². The standard InChI is InChI=1S/C27H35F3N6O4/c1-25(2,3)40-24(38)35-11-9-33(10-12-35)18-16-36(17-18)20-14-22(32-23(19(20)15-31)27(28,29)30)34-7-5-26(6-8-34)21(37)4-13-39-26/h14,18H,4-13,16-17H2,1-3H3. The number of amides is 1. The number of hydrogen-bond acceptors (Lipinski definition) is 9. The van der Waals surface area contributed by atoms with Gasteiger partial charge >= 0.3 is 12.3 Å². The lowest BCUT2D eigenvalue weighted by atomic mass is 9.87. The van der Waals surface area contributed by atoms with Crippen molar-refractivity contribution in [3.63, 3.8) is 0 Å². The summed E-state index contributed by atoms with van der Waals surface area (Å²) < 4.78 is 53.3. The summed E-state index contributed by atoms with van der Waals surface area (Å²) in [7, 11) is 0. The Bertz CT molecular complexity index is 1190. The van der Waals surface area contributed by atoms with Gasteiger partial charge in [0.05, 0.1) is 12.3 Å². The first-order valence-electron chi connectivity index (χ1n) is 13.7. The Morgan fingerprint density at radius 1 is 1.10 bits per heavy atom. The van der Waals surface area contributed by atoms with E-state index >= 15 is 0 Å². The molecule has 0 N–H and O–H groups in total. The van der Waals surface area contributed by atoms with Crippen molar-refractivity contribution in [1.29, 1.82) is 5.26 Å². The summed E-state index contributed by atoms with van der Waals surface area (Å²) in [5.41, 5.74) is -2.86. The number of halogens is 3. The number of ether oxygens (including phenoxy) is 2. The molecule has 0 atom stereocenters. The van der Waals surface area contributed by atoms with E-state index in [9.17, 15) is 28.0 Å². The minimum absolute atomic E-state index is 0.0511. The van der Waals surface area contributed by atoms with Crippen molar-refractivity contribution < 1.29 is 32.2 Å². The molecule has 40 heavy (non-hydrogen) atoms. The Morgan fingerprint density at radius 2 is 1.75 bits per heavy atom. The zero-order valence-corrected chi connectivity index (χ0v) is 23.1. The van der Waals surface area contributed by atoms with Crippen LogP contribution in [-0.2, 0) is 20.4 Å². The van der Waals surface area contributed by atoms with Gasteiger partial charge in [0, 0.05) is 83.7 Å². The van der Waals surface area contributed by atoms with Crippen molar-refractivity contribution in [3.05, 3.63) is 17.3 Å². The highest BCUT2D eigenvalue weighted by Crippen LogP contribution is 2.40. The van der Waals surface area contributed by atoms with Crippen LogP contribution in [0.1, 0.15) is 51.3 Å². The van der Waals surface area contributed by atoms with E-state index in [4.69, 9.17) is 9.47 Å². The van der Waals surface area contributed by atoms with Crippen LogP contribution in [0, 0.1) is 11.3 Å². The average Bonchev–Trinajstić information content (AvgIpc) is 3.21. The fourth-order valence-electron chi connectivity index (χ4n) is 5.89. The molecule has 10 nitrogen and oxygen atoms in total. The maximum absolute atomic E-state index is 14.0. The maximum atomic E-state index is 14.0. The number of piperazine rings is 1. The first kappa shape index (κ1) is 28.4. The van der Waals surface area contributed by atoms with Gasteiger partial charge in [-0.15, -0.1) is 0 Å². The van der Waals surface area contributed by atoms with Crippen LogP contribution in [0.2, 0.25) is 0 Å². The Balaban J connectivity index is 1.28. The lowest BCUT2D eigenvalue weighted by molar-refractivity contribution is -0.141. The molecule has 0 aromatic carbocycles. The number of carbonyl (C=O) groups is 2. The van der Waals surface area contributed by atoms with Crippen molar-refractivity contribution in [3.8, 4) is 6.07 Å². The van der Waals surface area contributed by atoms with Crippen LogP contribution in [0.15, 0.2) is 6.07 Å². The molecule has 4 aliphatic rings. The zero-order chi connectivity index (χ0) is 28.9. The number of anilines is 2. The van der Waals surface area contributed by atoms with Crippen molar-refractivity contribution >= 4 is 23.4 Å². The highest BCUT2D eigenvalue weighted by atomic mass is 19.4. The number of Topliss-reactive ketones (excluding diaryl/α,β-unsaturated/α-hetero) is 1. The Hall–Kier alpha value is -3.11. The number of pyridine rings is 1. The van der Waals surface area contributed by atoms with E-state index in [0.717, 1.165) is 0 Å². The van der Waals surface area contributed by atoms with Gasteiger partial charge in [0.25, 0.3) is 0 Å². The molecule has 5 rings (SSSR count). The van der Waals surface area contributed by atoms with Gasteiger partial charge in [0.15, 0.2) is 11.5 Å². The molecular weight excluding hydrogens is 529 g/mol. The number of hydrogen-bond donors (Lipinski definition) is 0. The summed E-state index contributed by atoms with van der Waals surface area (Å²) in [6, 6.07) is 3.41. The molecule has 13 heteroatoms. The Morgan fingerprint density at radius 3 is 2.27 bits per heavy atom. The number of ketones is 1. The minimum atomic E-state index is -4.79. The van der Waals surface area contributed by atoms with E-state index in [-0.39, 0.29) is 29.4 Å². The van der Waals surface area contributed by atoms with Crippen LogP contribution in [0.4, 0.5) is 29.5 Å². The fourth-order valence-corrected chi connectivity index (χ4v) is 5.89. The monoisotopic (exact) mass is 564 g/mol.